The van der Waals surface area contributed by atoms with E-state index in [2.05, 4.69) is 23.3 Å². The molecule has 3 aliphatic heterocycles. The van der Waals surface area contributed by atoms with E-state index >= 15 is 0 Å². The van der Waals surface area contributed by atoms with Crippen molar-refractivity contribution in [1.82, 2.24) is 14.7 Å². The molecule has 1 unspecified atom stereocenters. The highest BCUT2D eigenvalue weighted by molar-refractivity contribution is 7.10. The Morgan fingerprint density at radius 3 is 2.67 bits per heavy atom. The maximum Gasteiger partial charge on any atom is 0.227 e. The zero-order valence-electron chi connectivity index (χ0n) is 14.2. The number of aryl methyl sites for hydroxylation is 1. The van der Waals surface area contributed by atoms with Crippen molar-refractivity contribution in [1.29, 1.82) is 0 Å². The molecule has 0 aromatic carbocycles. The summed E-state index contributed by atoms with van der Waals surface area (Å²) < 4.78 is 0. The Hall–Kier alpha value is -1.40. The molecule has 130 valence electrons. The maximum absolute atomic E-state index is 12.5. The molecule has 4 rings (SSSR count). The number of nitrogens with zero attached hydrogens (tertiary/aromatic N) is 3. The van der Waals surface area contributed by atoms with Gasteiger partial charge in [0, 0.05) is 50.6 Å². The Morgan fingerprint density at radius 1 is 1.25 bits per heavy atom. The first-order valence-corrected chi connectivity index (χ1v) is 9.83. The molecule has 3 fully saturated rings. The third-order valence-corrected chi connectivity index (χ3v) is 6.65. The highest BCUT2D eigenvalue weighted by Crippen LogP contribution is 2.29. The number of rotatable bonds is 4. The number of hydrogen-bond acceptors (Lipinski definition) is 4. The lowest BCUT2D eigenvalue weighted by molar-refractivity contribution is -0.135. The van der Waals surface area contributed by atoms with Crippen LogP contribution in [0.5, 0.6) is 0 Å². The molecule has 1 atom stereocenters. The SMILES string of the molecule is Cc1ccsc1CN1CC(N2CC(C(=O)N3CCCC3)CC2=O)C1. The largest absolute Gasteiger partial charge is 0.342 e. The fourth-order valence-electron chi connectivity index (χ4n) is 4.08. The molecule has 0 bridgehead atoms. The number of carbonyl (C=O) groups is 2. The Balaban J connectivity index is 1.29. The van der Waals surface area contributed by atoms with Crippen molar-refractivity contribution in [2.45, 2.75) is 38.8 Å². The molecule has 6 heteroatoms. The third kappa shape index (κ3) is 2.97. The van der Waals surface area contributed by atoms with Crippen molar-refractivity contribution in [3.8, 4) is 0 Å². The first-order valence-electron chi connectivity index (χ1n) is 8.95. The Kier molecular flexibility index (Phi) is 4.35. The summed E-state index contributed by atoms with van der Waals surface area (Å²) in [4.78, 5) is 32.6. The van der Waals surface area contributed by atoms with Crippen LogP contribution in [0.1, 0.15) is 29.7 Å². The Labute approximate surface area is 147 Å². The number of carbonyl (C=O) groups excluding carboxylic acids is 2. The minimum Gasteiger partial charge on any atom is -0.342 e. The van der Waals surface area contributed by atoms with Gasteiger partial charge >= 0.3 is 0 Å². The van der Waals surface area contributed by atoms with Crippen molar-refractivity contribution in [2.24, 2.45) is 5.92 Å². The molecule has 1 aromatic heterocycles. The predicted molar refractivity (Wildman–Crippen MR) is 93.8 cm³/mol. The molecule has 3 saturated heterocycles. The van der Waals surface area contributed by atoms with E-state index in [0.29, 0.717) is 19.0 Å². The normalized spacial score (nSPS) is 25.5. The minimum atomic E-state index is -0.107. The van der Waals surface area contributed by atoms with E-state index in [1.165, 1.54) is 10.4 Å². The summed E-state index contributed by atoms with van der Waals surface area (Å²) in [5.41, 5.74) is 1.36. The zero-order valence-corrected chi connectivity index (χ0v) is 15.1. The van der Waals surface area contributed by atoms with Crippen LogP contribution in [-0.4, -0.2) is 65.3 Å². The van der Waals surface area contributed by atoms with Crippen molar-refractivity contribution in [3.63, 3.8) is 0 Å². The van der Waals surface area contributed by atoms with Crippen molar-refractivity contribution >= 4 is 23.2 Å². The molecular formula is C18H25N3O2S. The van der Waals surface area contributed by atoms with Crippen LogP contribution in [0.25, 0.3) is 0 Å². The molecular weight excluding hydrogens is 322 g/mol. The lowest BCUT2D eigenvalue weighted by Crippen LogP contribution is -2.59. The molecule has 0 aliphatic carbocycles. The van der Waals surface area contributed by atoms with Crippen LogP contribution in [0.3, 0.4) is 0 Å². The monoisotopic (exact) mass is 347 g/mol. The Bertz CT molecular complexity index is 632. The first kappa shape index (κ1) is 16.1. The van der Waals surface area contributed by atoms with Crippen molar-refractivity contribution in [3.05, 3.63) is 21.9 Å². The number of amides is 2. The molecule has 0 N–H and O–H groups in total. The van der Waals surface area contributed by atoms with E-state index in [-0.39, 0.29) is 17.7 Å². The average molecular weight is 347 g/mol. The number of hydrogen-bond donors (Lipinski definition) is 0. The van der Waals surface area contributed by atoms with E-state index in [1.807, 2.05) is 21.1 Å². The van der Waals surface area contributed by atoms with Gasteiger partial charge in [-0.2, -0.15) is 0 Å². The first-order chi connectivity index (χ1) is 11.6. The summed E-state index contributed by atoms with van der Waals surface area (Å²) in [5.74, 6) is 0.266. The molecule has 24 heavy (non-hydrogen) atoms. The number of likely N-dealkylation sites (tertiary alicyclic amines) is 3. The van der Waals surface area contributed by atoms with Crippen LogP contribution in [0.4, 0.5) is 0 Å². The van der Waals surface area contributed by atoms with Gasteiger partial charge in [-0.1, -0.05) is 0 Å². The van der Waals surface area contributed by atoms with Gasteiger partial charge in [-0.15, -0.1) is 11.3 Å². The zero-order chi connectivity index (χ0) is 16.7. The maximum atomic E-state index is 12.5. The van der Waals surface area contributed by atoms with Crippen LogP contribution >= 0.6 is 11.3 Å². The summed E-state index contributed by atoms with van der Waals surface area (Å²) in [6.07, 6.45) is 2.63. The van der Waals surface area contributed by atoms with E-state index in [9.17, 15) is 9.59 Å². The van der Waals surface area contributed by atoms with Crippen molar-refractivity contribution < 1.29 is 9.59 Å². The quantitative estimate of drug-likeness (QED) is 0.833. The molecule has 1 aromatic rings. The van der Waals surface area contributed by atoms with Crippen molar-refractivity contribution in [2.75, 3.05) is 32.7 Å². The number of thiophene rings is 1. The molecule has 5 nitrogen and oxygen atoms in total. The van der Waals surface area contributed by atoms with Gasteiger partial charge in [-0.3, -0.25) is 14.5 Å². The molecule has 3 aliphatic rings. The summed E-state index contributed by atoms with van der Waals surface area (Å²) in [6, 6.07) is 2.46. The summed E-state index contributed by atoms with van der Waals surface area (Å²) in [7, 11) is 0. The lowest BCUT2D eigenvalue weighted by Gasteiger charge is -2.44. The smallest absolute Gasteiger partial charge is 0.227 e. The summed E-state index contributed by atoms with van der Waals surface area (Å²) in [5, 5.41) is 2.14. The highest BCUT2D eigenvalue weighted by Gasteiger charge is 2.43. The molecule has 2 amide bonds. The topological polar surface area (TPSA) is 43.9 Å². The van der Waals surface area contributed by atoms with Crippen LogP contribution < -0.4 is 0 Å². The van der Waals surface area contributed by atoms with Gasteiger partial charge < -0.3 is 9.80 Å². The molecule has 0 spiro atoms. The summed E-state index contributed by atoms with van der Waals surface area (Å²) >= 11 is 1.81. The predicted octanol–water partition coefficient (Wildman–Crippen LogP) is 1.71. The fourth-order valence-corrected chi connectivity index (χ4v) is 5.03. The van der Waals surface area contributed by atoms with Crippen LogP contribution in [0, 0.1) is 12.8 Å². The lowest BCUT2D eigenvalue weighted by atomic mass is 10.1. The van der Waals surface area contributed by atoms with Gasteiger partial charge in [0.1, 0.15) is 0 Å². The van der Waals surface area contributed by atoms with Gasteiger partial charge in [0.25, 0.3) is 0 Å². The highest BCUT2D eigenvalue weighted by atomic mass is 32.1. The second-order valence-electron chi connectivity index (χ2n) is 7.35. The minimum absolute atomic E-state index is 0.107. The van der Waals surface area contributed by atoms with Gasteiger partial charge in [-0.05, 0) is 36.8 Å². The third-order valence-electron chi connectivity index (χ3n) is 5.64. The molecule has 4 heterocycles. The van der Waals surface area contributed by atoms with E-state index in [1.54, 1.807) is 0 Å². The second kappa shape index (κ2) is 6.48. The average Bonchev–Trinajstić information content (AvgIpc) is 3.24. The van der Waals surface area contributed by atoms with E-state index in [0.717, 1.165) is 45.6 Å². The van der Waals surface area contributed by atoms with Gasteiger partial charge in [0.2, 0.25) is 11.8 Å². The second-order valence-corrected chi connectivity index (χ2v) is 8.35. The fraction of sp³-hybridized carbons (Fsp3) is 0.667. The van der Waals surface area contributed by atoms with Gasteiger partial charge in [0.15, 0.2) is 0 Å². The van der Waals surface area contributed by atoms with E-state index < -0.39 is 0 Å². The molecule has 0 radical (unpaired) electrons. The van der Waals surface area contributed by atoms with Crippen LogP contribution in [0.2, 0.25) is 0 Å². The van der Waals surface area contributed by atoms with Gasteiger partial charge in [-0.25, -0.2) is 0 Å². The van der Waals surface area contributed by atoms with Crippen LogP contribution in [0.15, 0.2) is 11.4 Å². The van der Waals surface area contributed by atoms with E-state index in [4.69, 9.17) is 0 Å². The summed E-state index contributed by atoms with van der Waals surface area (Å²) in [6.45, 7) is 7.40. The molecule has 0 saturated carbocycles. The Morgan fingerprint density at radius 2 is 2.00 bits per heavy atom. The standard InChI is InChI=1S/C18H25N3O2S/c1-13-4-7-24-16(13)12-19-10-15(11-19)21-9-14(8-17(21)22)18(23)20-5-2-3-6-20/h4,7,14-15H,2-3,5-6,8-12H2,1H3. The van der Waals surface area contributed by atoms with Gasteiger partial charge in [0.05, 0.1) is 12.0 Å². The van der Waals surface area contributed by atoms with Crippen LogP contribution in [-0.2, 0) is 16.1 Å².